The van der Waals surface area contributed by atoms with Gasteiger partial charge in [0, 0.05) is 20.2 Å². The summed E-state index contributed by atoms with van der Waals surface area (Å²) in [4.78, 5) is -0.917. The van der Waals surface area contributed by atoms with E-state index >= 15 is 0 Å². The molecule has 0 fully saturated rings. The van der Waals surface area contributed by atoms with Gasteiger partial charge in [-0.05, 0) is 31.4 Å². The number of aliphatic hydroxyl groups excluding tert-OH is 1. The molecule has 0 atom stereocenters. The number of sulfonamides is 1. The molecule has 0 heterocycles. The second-order valence-electron chi connectivity index (χ2n) is 4.16. The first kappa shape index (κ1) is 16.0. The molecule has 1 N–H and O–H groups in total. The Balaban J connectivity index is 2.85. The highest BCUT2D eigenvalue weighted by Crippen LogP contribution is 2.21. The maximum absolute atomic E-state index is 13.5. The van der Waals surface area contributed by atoms with E-state index in [9.17, 15) is 17.2 Å². The molecular formula is C12H17F2NO3S. The van der Waals surface area contributed by atoms with Gasteiger partial charge in [-0.3, -0.25) is 0 Å². The number of hydrogen-bond acceptors (Lipinski definition) is 3. The van der Waals surface area contributed by atoms with Gasteiger partial charge in [-0.25, -0.2) is 21.5 Å². The Morgan fingerprint density at radius 3 is 2.26 bits per heavy atom. The smallest absolute Gasteiger partial charge is 0.248 e. The highest BCUT2D eigenvalue weighted by atomic mass is 32.2. The normalized spacial score (nSPS) is 12.1. The van der Waals surface area contributed by atoms with Crippen LogP contribution >= 0.6 is 0 Å². The highest BCUT2D eigenvalue weighted by Gasteiger charge is 2.27. The van der Waals surface area contributed by atoms with Crippen LogP contribution in [0.5, 0.6) is 0 Å². The van der Waals surface area contributed by atoms with Crippen molar-refractivity contribution in [1.82, 2.24) is 4.31 Å². The minimum absolute atomic E-state index is 0.0401. The molecule has 108 valence electrons. The number of hydrogen-bond donors (Lipinski definition) is 1. The number of benzene rings is 1. The summed E-state index contributed by atoms with van der Waals surface area (Å²) < 4.78 is 51.9. The number of rotatable bonds is 7. The molecule has 0 aliphatic carbocycles. The lowest BCUT2D eigenvalue weighted by atomic mass is 10.2. The Kier molecular flexibility index (Phi) is 5.84. The van der Waals surface area contributed by atoms with Crippen LogP contribution < -0.4 is 0 Å². The Morgan fingerprint density at radius 1 is 1.16 bits per heavy atom. The summed E-state index contributed by atoms with van der Waals surface area (Å²) in [5, 5.41) is 8.61. The van der Waals surface area contributed by atoms with Gasteiger partial charge < -0.3 is 5.11 Å². The standard InChI is InChI=1S/C12H17F2NO3S/c1-15(8-3-2-4-9-16)19(17,18)12-10(13)6-5-7-11(12)14/h5-7,16H,2-4,8-9H2,1H3. The molecule has 0 unspecified atom stereocenters. The van der Waals surface area contributed by atoms with Gasteiger partial charge in [-0.1, -0.05) is 6.07 Å². The Labute approximate surface area is 111 Å². The van der Waals surface area contributed by atoms with Crippen LogP contribution in [0.15, 0.2) is 23.1 Å². The Hall–Kier alpha value is -1.05. The van der Waals surface area contributed by atoms with Crippen LogP contribution in [0.1, 0.15) is 19.3 Å². The summed E-state index contributed by atoms with van der Waals surface area (Å²) in [5.41, 5.74) is 0. The Bertz CT molecular complexity index is 499. The number of nitrogens with zero attached hydrogens (tertiary/aromatic N) is 1. The van der Waals surface area contributed by atoms with E-state index in [1.165, 1.54) is 7.05 Å². The Morgan fingerprint density at radius 2 is 1.74 bits per heavy atom. The summed E-state index contributed by atoms with van der Waals surface area (Å²) in [6, 6.07) is 2.94. The second-order valence-corrected chi connectivity index (χ2v) is 6.14. The maximum atomic E-state index is 13.5. The van der Waals surface area contributed by atoms with Crippen LogP contribution in [0.2, 0.25) is 0 Å². The minimum Gasteiger partial charge on any atom is -0.396 e. The fourth-order valence-corrected chi connectivity index (χ4v) is 2.94. The third-order valence-electron chi connectivity index (χ3n) is 2.72. The van der Waals surface area contributed by atoms with E-state index in [0.717, 1.165) is 22.5 Å². The van der Waals surface area contributed by atoms with Gasteiger partial charge in [0.1, 0.15) is 11.6 Å². The first-order valence-electron chi connectivity index (χ1n) is 5.92. The monoisotopic (exact) mass is 293 g/mol. The molecule has 1 aromatic carbocycles. The van der Waals surface area contributed by atoms with Gasteiger partial charge >= 0.3 is 0 Å². The second kappa shape index (κ2) is 6.93. The SMILES string of the molecule is CN(CCCCCO)S(=O)(=O)c1c(F)cccc1F. The zero-order valence-corrected chi connectivity index (χ0v) is 11.5. The van der Waals surface area contributed by atoms with Crippen molar-refractivity contribution in [1.29, 1.82) is 0 Å². The van der Waals surface area contributed by atoms with Gasteiger partial charge in [0.25, 0.3) is 0 Å². The van der Waals surface area contributed by atoms with E-state index in [-0.39, 0.29) is 13.2 Å². The molecule has 0 aliphatic heterocycles. The molecule has 4 nitrogen and oxygen atoms in total. The highest BCUT2D eigenvalue weighted by molar-refractivity contribution is 7.89. The van der Waals surface area contributed by atoms with Gasteiger partial charge in [0.2, 0.25) is 10.0 Å². The van der Waals surface area contributed by atoms with Crippen LogP contribution in [0.3, 0.4) is 0 Å². The topological polar surface area (TPSA) is 57.6 Å². The van der Waals surface area contributed by atoms with E-state index < -0.39 is 26.6 Å². The zero-order valence-electron chi connectivity index (χ0n) is 10.6. The third kappa shape index (κ3) is 3.95. The number of aliphatic hydroxyl groups is 1. The third-order valence-corrected chi connectivity index (χ3v) is 4.63. The van der Waals surface area contributed by atoms with E-state index in [1.54, 1.807) is 0 Å². The molecule has 19 heavy (non-hydrogen) atoms. The molecule has 7 heteroatoms. The van der Waals surface area contributed by atoms with Crippen molar-refractivity contribution in [3.63, 3.8) is 0 Å². The lowest BCUT2D eigenvalue weighted by Crippen LogP contribution is -2.29. The van der Waals surface area contributed by atoms with Gasteiger partial charge in [0.15, 0.2) is 4.90 Å². The van der Waals surface area contributed by atoms with E-state index in [1.807, 2.05) is 0 Å². The predicted molar refractivity (Wildman–Crippen MR) is 67.1 cm³/mol. The zero-order chi connectivity index (χ0) is 14.5. The van der Waals surface area contributed by atoms with Gasteiger partial charge in [0.05, 0.1) is 0 Å². The number of halogens is 2. The molecule has 0 aliphatic rings. The molecule has 0 aromatic heterocycles. The van der Waals surface area contributed by atoms with Crippen molar-refractivity contribution < 1.29 is 22.3 Å². The van der Waals surface area contributed by atoms with Crippen molar-refractivity contribution in [2.45, 2.75) is 24.2 Å². The average molecular weight is 293 g/mol. The lowest BCUT2D eigenvalue weighted by molar-refractivity contribution is 0.281. The van der Waals surface area contributed by atoms with Crippen molar-refractivity contribution in [3.8, 4) is 0 Å². The van der Waals surface area contributed by atoms with Crippen LogP contribution in [-0.2, 0) is 10.0 Å². The summed E-state index contributed by atoms with van der Waals surface area (Å²) in [6.07, 6.45) is 1.74. The van der Waals surface area contributed by atoms with Crippen LogP contribution in [0, 0.1) is 11.6 Å². The molecule has 0 saturated heterocycles. The van der Waals surface area contributed by atoms with Crippen molar-refractivity contribution in [2.75, 3.05) is 20.2 Å². The molecule has 0 saturated carbocycles. The summed E-state index contributed by atoms with van der Waals surface area (Å²) in [6.45, 7) is 0.189. The van der Waals surface area contributed by atoms with Crippen molar-refractivity contribution >= 4 is 10.0 Å². The van der Waals surface area contributed by atoms with E-state index in [2.05, 4.69) is 0 Å². The van der Waals surface area contributed by atoms with Crippen LogP contribution in [0.25, 0.3) is 0 Å². The van der Waals surface area contributed by atoms with E-state index in [4.69, 9.17) is 5.11 Å². The van der Waals surface area contributed by atoms with Crippen molar-refractivity contribution in [2.24, 2.45) is 0 Å². The molecular weight excluding hydrogens is 276 g/mol. The van der Waals surface area contributed by atoms with E-state index in [0.29, 0.717) is 19.3 Å². The predicted octanol–water partition coefficient (Wildman–Crippen LogP) is 1.75. The summed E-state index contributed by atoms with van der Waals surface area (Å²) in [7, 11) is -2.89. The van der Waals surface area contributed by atoms with Crippen molar-refractivity contribution in [3.05, 3.63) is 29.8 Å². The quantitative estimate of drug-likeness (QED) is 0.779. The number of unbranched alkanes of at least 4 members (excludes halogenated alkanes) is 2. The molecule has 0 bridgehead atoms. The largest absolute Gasteiger partial charge is 0.396 e. The summed E-state index contributed by atoms with van der Waals surface area (Å²) >= 11 is 0. The minimum atomic E-state index is -4.17. The average Bonchev–Trinajstić information content (AvgIpc) is 2.33. The lowest BCUT2D eigenvalue weighted by Gasteiger charge is -2.17. The fraction of sp³-hybridized carbons (Fsp3) is 0.500. The molecule has 1 aromatic rings. The molecule has 0 radical (unpaired) electrons. The molecule has 0 amide bonds. The molecule has 0 spiro atoms. The fourth-order valence-electron chi connectivity index (χ4n) is 1.63. The van der Waals surface area contributed by atoms with Crippen LogP contribution in [0.4, 0.5) is 8.78 Å². The van der Waals surface area contributed by atoms with Crippen LogP contribution in [-0.4, -0.2) is 38.0 Å². The molecule has 1 rings (SSSR count). The first-order valence-corrected chi connectivity index (χ1v) is 7.36. The van der Waals surface area contributed by atoms with Gasteiger partial charge in [-0.15, -0.1) is 0 Å². The first-order chi connectivity index (χ1) is 8.91. The summed E-state index contributed by atoms with van der Waals surface area (Å²) in [5.74, 6) is -2.19. The maximum Gasteiger partial charge on any atom is 0.248 e. The van der Waals surface area contributed by atoms with Gasteiger partial charge in [-0.2, -0.15) is 0 Å².